The fraction of sp³-hybridized carbons (Fsp3) is 0.500. The van der Waals surface area contributed by atoms with Crippen LogP contribution in [0.5, 0.6) is 0 Å². The number of oxazole rings is 1. The Balaban J connectivity index is 1.46. The molecule has 0 spiro atoms. The highest BCUT2D eigenvalue weighted by Gasteiger charge is 2.37. The quantitative estimate of drug-likeness (QED) is 0.939. The second-order valence-corrected chi connectivity index (χ2v) is 5.85. The third-order valence-electron chi connectivity index (χ3n) is 4.46. The monoisotopic (exact) mass is 301 g/mol. The van der Waals surface area contributed by atoms with Crippen molar-refractivity contribution in [2.24, 2.45) is 0 Å². The summed E-state index contributed by atoms with van der Waals surface area (Å²) in [6.45, 7) is 2.29. The maximum atomic E-state index is 12.6. The number of nitrogens with one attached hydrogen (secondary N) is 1. The van der Waals surface area contributed by atoms with Crippen LogP contribution in [0, 0.1) is 0 Å². The first-order valence-corrected chi connectivity index (χ1v) is 7.81. The summed E-state index contributed by atoms with van der Waals surface area (Å²) in [5.74, 6) is 0.147. The van der Waals surface area contributed by atoms with Crippen molar-refractivity contribution in [1.29, 1.82) is 0 Å². The normalized spacial score (nSPS) is 23.4. The van der Waals surface area contributed by atoms with E-state index in [9.17, 15) is 4.79 Å². The largest absolute Gasteiger partial charge is 0.424 e. The molecule has 2 aromatic rings. The van der Waals surface area contributed by atoms with Crippen LogP contribution in [0.1, 0.15) is 19.3 Å². The van der Waals surface area contributed by atoms with E-state index < -0.39 is 0 Å². The van der Waals surface area contributed by atoms with Gasteiger partial charge in [0.05, 0.1) is 0 Å². The lowest BCUT2D eigenvalue weighted by Gasteiger charge is -2.31. The molecule has 22 heavy (non-hydrogen) atoms. The summed E-state index contributed by atoms with van der Waals surface area (Å²) >= 11 is 0. The van der Waals surface area contributed by atoms with Gasteiger partial charge in [0.2, 0.25) is 5.91 Å². The van der Waals surface area contributed by atoms with E-state index >= 15 is 0 Å². The molecule has 6 nitrogen and oxygen atoms in total. The number of likely N-dealkylation sites (tertiary alicyclic amines) is 1. The zero-order chi connectivity index (χ0) is 14.9. The standard InChI is InChI=1S/C16H19N3O3/c20-15-13(5-8-19(15)11-6-9-21-10-7-11)18-16-17-12-3-1-2-4-14(12)22-16/h1-4,11,13H,5-10H2,(H,17,18). The van der Waals surface area contributed by atoms with Crippen LogP contribution in [0.2, 0.25) is 0 Å². The lowest BCUT2D eigenvalue weighted by molar-refractivity contribution is -0.131. The van der Waals surface area contributed by atoms with Gasteiger partial charge in [0, 0.05) is 25.8 Å². The number of aromatic nitrogens is 1. The number of rotatable bonds is 3. The van der Waals surface area contributed by atoms with Crippen molar-refractivity contribution in [1.82, 2.24) is 9.88 Å². The molecule has 1 N–H and O–H groups in total. The van der Waals surface area contributed by atoms with Crippen LogP contribution in [0.3, 0.4) is 0 Å². The lowest BCUT2D eigenvalue weighted by atomic mass is 10.1. The summed E-state index contributed by atoms with van der Waals surface area (Å²) in [5, 5.41) is 3.15. The molecule has 2 aliphatic heterocycles. The second-order valence-electron chi connectivity index (χ2n) is 5.85. The van der Waals surface area contributed by atoms with Crippen molar-refractivity contribution in [3.05, 3.63) is 24.3 Å². The number of ether oxygens (including phenoxy) is 1. The Kier molecular flexibility index (Phi) is 3.46. The molecule has 2 saturated heterocycles. The van der Waals surface area contributed by atoms with Crippen molar-refractivity contribution < 1.29 is 13.9 Å². The molecule has 0 bridgehead atoms. The average Bonchev–Trinajstić information content (AvgIpc) is 3.12. The van der Waals surface area contributed by atoms with Gasteiger partial charge in [0.25, 0.3) is 6.01 Å². The molecule has 2 aliphatic rings. The van der Waals surface area contributed by atoms with E-state index in [0.29, 0.717) is 12.1 Å². The lowest BCUT2D eigenvalue weighted by Crippen LogP contribution is -2.43. The Hall–Kier alpha value is -2.08. The van der Waals surface area contributed by atoms with Crippen LogP contribution >= 0.6 is 0 Å². The third-order valence-corrected chi connectivity index (χ3v) is 4.46. The first-order valence-electron chi connectivity index (χ1n) is 7.81. The molecule has 4 rings (SSSR count). The van der Waals surface area contributed by atoms with Gasteiger partial charge in [-0.25, -0.2) is 0 Å². The van der Waals surface area contributed by atoms with E-state index in [1.807, 2.05) is 29.2 Å². The second kappa shape index (κ2) is 5.61. The molecule has 1 amide bonds. The number of hydrogen-bond donors (Lipinski definition) is 1. The molecule has 1 aromatic heterocycles. The van der Waals surface area contributed by atoms with E-state index in [-0.39, 0.29) is 11.9 Å². The minimum atomic E-state index is -0.240. The highest BCUT2D eigenvalue weighted by Crippen LogP contribution is 2.25. The molecule has 0 saturated carbocycles. The summed E-state index contributed by atoms with van der Waals surface area (Å²) < 4.78 is 11.0. The zero-order valence-electron chi connectivity index (χ0n) is 12.3. The van der Waals surface area contributed by atoms with Gasteiger partial charge in [-0.15, -0.1) is 0 Å². The van der Waals surface area contributed by atoms with Gasteiger partial charge in [0.15, 0.2) is 5.58 Å². The Labute approximate surface area is 128 Å². The van der Waals surface area contributed by atoms with Crippen molar-refractivity contribution >= 4 is 23.0 Å². The Morgan fingerprint density at radius 3 is 2.82 bits per heavy atom. The molecule has 6 heteroatoms. The number of para-hydroxylation sites is 2. The van der Waals surface area contributed by atoms with E-state index in [4.69, 9.17) is 9.15 Å². The number of anilines is 1. The molecule has 116 valence electrons. The van der Waals surface area contributed by atoms with Crippen molar-refractivity contribution in [2.45, 2.75) is 31.3 Å². The summed E-state index contributed by atoms with van der Waals surface area (Å²) in [5.41, 5.74) is 1.54. The van der Waals surface area contributed by atoms with Crippen LogP contribution in [0.4, 0.5) is 6.01 Å². The smallest absolute Gasteiger partial charge is 0.296 e. The highest BCUT2D eigenvalue weighted by atomic mass is 16.5. The topological polar surface area (TPSA) is 67.6 Å². The van der Waals surface area contributed by atoms with Crippen molar-refractivity contribution in [3.63, 3.8) is 0 Å². The van der Waals surface area contributed by atoms with Crippen molar-refractivity contribution in [2.75, 3.05) is 25.1 Å². The summed E-state index contributed by atoms with van der Waals surface area (Å²) in [4.78, 5) is 18.9. The van der Waals surface area contributed by atoms with E-state index in [1.165, 1.54) is 0 Å². The van der Waals surface area contributed by atoms with Crippen LogP contribution < -0.4 is 5.32 Å². The highest BCUT2D eigenvalue weighted by molar-refractivity contribution is 5.87. The average molecular weight is 301 g/mol. The maximum absolute atomic E-state index is 12.6. The van der Waals surface area contributed by atoms with Gasteiger partial charge in [-0.3, -0.25) is 4.79 Å². The summed E-state index contributed by atoms with van der Waals surface area (Å²) in [6.07, 6.45) is 2.65. The first-order chi connectivity index (χ1) is 10.8. The molecule has 1 unspecified atom stereocenters. The molecule has 3 heterocycles. The van der Waals surface area contributed by atoms with Gasteiger partial charge in [-0.05, 0) is 31.4 Å². The van der Waals surface area contributed by atoms with E-state index in [0.717, 1.165) is 50.1 Å². The Morgan fingerprint density at radius 2 is 2.00 bits per heavy atom. The zero-order valence-corrected chi connectivity index (χ0v) is 12.3. The van der Waals surface area contributed by atoms with Crippen molar-refractivity contribution in [3.8, 4) is 0 Å². The number of nitrogens with zero attached hydrogens (tertiary/aromatic N) is 2. The predicted octanol–water partition coefficient (Wildman–Crippen LogP) is 2.02. The van der Waals surface area contributed by atoms with E-state index in [2.05, 4.69) is 10.3 Å². The number of fused-ring (bicyclic) bond motifs is 1. The third kappa shape index (κ3) is 2.43. The molecule has 1 atom stereocenters. The number of carbonyl (C=O) groups is 1. The molecular formula is C16H19N3O3. The molecule has 0 aliphatic carbocycles. The molecule has 0 radical (unpaired) electrons. The fourth-order valence-corrected chi connectivity index (χ4v) is 3.28. The minimum Gasteiger partial charge on any atom is -0.424 e. The minimum absolute atomic E-state index is 0.147. The Morgan fingerprint density at radius 1 is 1.18 bits per heavy atom. The predicted molar refractivity (Wildman–Crippen MR) is 81.6 cm³/mol. The molecule has 1 aromatic carbocycles. The fourth-order valence-electron chi connectivity index (χ4n) is 3.28. The van der Waals surface area contributed by atoms with Gasteiger partial charge in [0.1, 0.15) is 11.6 Å². The van der Waals surface area contributed by atoms with Crippen LogP contribution in [0.25, 0.3) is 11.1 Å². The number of hydrogen-bond acceptors (Lipinski definition) is 5. The van der Waals surface area contributed by atoms with Gasteiger partial charge in [-0.2, -0.15) is 4.98 Å². The molecular weight excluding hydrogens is 282 g/mol. The summed E-state index contributed by atoms with van der Waals surface area (Å²) in [6, 6.07) is 8.10. The SMILES string of the molecule is O=C1C(Nc2nc3ccccc3o2)CCN1C1CCOCC1. The maximum Gasteiger partial charge on any atom is 0.296 e. The van der Waals surface area contributed by atoms with Crippen LogP contribution in [0.15, 0.2) is 28.7 Å². The summed E-state index contributed by atoms with van der Waals surface area (Å²) in [7, 11) is 0. The van der Waals surface area contributed by atoms with E-state index in [1.54, 1.807) is 0 Å². The van der Waals surface area contributed by atoms with Crippen LogP contribution in [-0.2, 0) is 9.53 Å². The first kappa shape index (κ1) is 13.6. The molecule has 2 fully saturated rings. The number of carbonyl (C=O) groups excluding carboxylic acids is 1. The van der Waals surface area contributed by atoms with Gasteiger partial charge >= 0.3 is 0 Å². The van der Waals surface area contributed by atoms with Gasteiger partial charge in [-0.1, -0.05) is 12.1 Å². The van der Waals surface area contributed by atoms with Gasteiger partial charge < -0.3 is 19.4 Å². The number of benzene rings is 1. The van der Waals surface area contributed by atoms with Crippen LogP contribution in [-0.4, -0.2) is 47.6 Å². The number of amides is 1. The Bertz CT molecular complexity index is 645.